The zero-order valence-electron chi connectivity index (χ0n) is 61.6. The van der Waals surface area contributed by atoms with Gasteiger partial charge in [0.05, 0.1) is 36.3 Å². The third-order valence-corrected chi connectivity index (χ3v) is 22.5. The van der Waals surface area contributed by atoms with Gasteiger partial charge in [-0.05, 0) is 215 Å². The molecule has 514 valence electrons. The fraction of sp³-hybridized carbons (Fsp3) is 0.447. The Bertz CT molecular complexity index is 4190. The van der Waals surface area contributed by atoms with Gasteiger partial charge in [-0.25, -0.2) is 0 Å². The fourth-order valence-electron chi connectivity index (χ4n) is 17.2. The molecule has 4 nitrogen and oxygen atoms in total. The first-order valence-electron chi connectivity index (χ1n) is 39.2. The predicted octanol–water partition coefficient (Wildman–Crippen LogP) is 27.4. The molecule has 0 saturated heterocycles. The summed E-state index contributed by atoms with van der Waals surface area (Å²) in [6, 6.07) is 60.1. The smallest absolute Gasteiger partial charge is 0.161 e. The van der Waals surface area contributed by atoms with E-state index in [4.69, 9.17) is 14.2 Å². The molecule has 0 radical (unpaired) electrons. The molecule has 3 aliphatic rings. The SMILES string of the molecule is CCCCCCCCOc1c(C)cc(-n2c3ccc(-c4ccc5c(c4)C(CCCCCCCC)(CCCCCCCC)c4cc(C)ccc4-5)cc3c3cc(-c4ccc5c(c4)C(c4ccccc4)(c4ccc(OCCCCC)c(OCCCCC)c4)C4=CC(C)CC=C45)ccc32)cc1C. The van der Waals surface area contributed by atoms with E-state index in [0.29, 0.717) is 19.1 Å². The van der Waals surface area contributed by atoms with E-state index in [1.54, 1.807) is 11.1 Å². The van der Waals surface area contributed by atoms with Gasteiger partial charge in [0, 0.05) is 21.9 Å². The minimum Gasteiger partial charge on any atom is -0.493 e. The lowest BCUT2D eigenvalue weighted by Gasteiger charge is -2.36. The summed E-state index contributed by atoms with van der Waals surface area (Å²) < 4.78 is 22.7. The standard InChI is InChI=1S/C94H115NO3/c1-10-15-20-23-26-32-53-93(54-33-27-24-21-16-11-2)84-58-67(6)39-46-78(84)79-48-41-73(64-85(79)93)71-43-50-88-82(62-71)83-63-72(44-51-89(83)95(88)77-60-69(8)92(70(9)61-77)98-57-36-28-25-22-17-12-3)74-42-49-81-80-47-40-68(7)59-86(80)94(87(81)65-74,75-37-30-29-31-38-75)76-45-52-90(96-55-34-18-13-4)91(66-76)97-56-35-19-14-5/h29-31,37-39,41-52,58-66,68H,10-28,32-36,40,53-57H2,1-9H3. The number of hydrogen-bond donors (Lipinski definition) is 0. The van der Waals surface area contributed by atoms with Gasteiger partial charge in [-0.1, -0.05) is 285 Å². The lowest BCUT2D eigenvalue weighted by Crippen LogP contribution is -2.29. The number of allylic oxidation sites excluding steroid dienone is 4. The molecule has 0 spiro atoms. The van der Waals surface area contributed by atoms with Crippen molar-refractivity contribution in [3.8, 4) is 56.3 Å². The number of rotatable bonds is 37. The van der Waals surface area contributed by atoms with Crippen LogP contribution < -0.4 is 14.2 Å². The Morgan fingerprint density at radius 1 is 0.408 bits per heavy atom. The molecule has 98 heavy (non-hydrogen) atoms. The molecule has 0 saturated carbocycles. The molecule has 1 aromatic heterocycles. The van der Waals surface area contributed by atoms with E-state index in [2.05, 4.69) is 231 Å². The quantitative estimate of drug-likeness (QED) is 0.0364. The van der Waals surface area contributed by atoms with Crippen LogP contribution in [0.1, 0.15) is 265 Å². The summed E-state index contributed by atoms with van der Waals surface area (Å²) in [5, 5.41) is 2.52. The lowest BCUT2D eigenvalue weighted by atomic mass is 9.66. The Hall–Kier alpha value is -7.56. The second-order valence-corrected chi connectivity index (χ2v) is 29.8. The Morgan fingerprint density at radius 3 is 1.49 bits per heavy atom. The third-order valence-electron chi connectivity index (χ3n) is 22.5. The van der Waals surface area contributed by atoms with Crippen LogP contribution in [0.2, 0.25) is 0 Å². The molecule has 9 aromatic rings. The molecule has 0 aliphatic heterocycles. The molecular formula is C94H115NO3. The van der Waals surface area contributed by atoms with Crippen molar-refractivity contribution in [2.45, 2.75) is 247 Å². The topological polar surface area (TPSA) is 32.6 Å². The Kier molecular flexibility index (Phi) is 23.7. The van der Waals surface area contributed by atoms with Gasteiger partial charge in [0.25, 0.3) is 0 Å². The highest BCUT2D eigenvalue weighted by molar-refractivity contribution is 6.12. The molecule has 1 heterocycles. The van der Waals surface area contributed by atoms with E-state index < -0.39 is 5.41 Å². The second kappa shape index (κ2) is 33.1. The highest BCUT2D eigenvalue weighted by atomic mass is 16.5. The molecule has 12 rings (SSSR count). The van der Waals surface area contributed by atoms with Crippen molar-refractivity contribution in [1.82, 2.24) is 4.57 Å². The van der Waals surface area contributed by atoms with Crippen molar-refractivity contribution in [2.24, 2.45) is 5.92 Å². The summed E-state index contributed by atoms with van der Waals surface area (Å²) >= 11 is 0. The van der Waals surface area contributed by atoms with Gasteiger partial charge in [0.2, 0.25) is 0 Å². The summed E-state index contributed by atoms with van der Waals surface area (Å²) in [5.41, 5.74) is 25.5. The molecule has 3 aliphatic carbocycles. The zero-order chi connectivity index (χ0) is 68.0. The first-order valence-corrected chi connectivity index (χ1v) is 39.2. The maximum Gasteiger partial charge on any atom is 0.161 e. The molecule has 0 N–H and O–H groups in total. The van der Waals surface area contributed by atoms with Gasteiger partial charge in [0.1, 0.15) is 5.75 Å². The summed E-state index contributed by atoms with van der Waals surface area (Å²) in [6.07, 6.45) is 38.3. The summed E-state index contributed by atoms with van der Waals surface area (Å²) in [7, 11) is 0. The van der Waals surface area contributed by atoms with Crippen molar-refractivity contribution >= 4 is 27.4 Å². The number of nitrogens with zero attached hydrogens (tertiary/aromatic N) is 1. The van der Waals surface area contributed by atoms with Crippen molar-refractivity contribution in [1.29, 1.82) is 0 Å². The third kappa shape index (κ3) is 14.7. The van der Waals surface area contributed by atoms with Gasteiger partial charge >= 0.3 is 0 Å². The Morgan fingerprint density at radius 2 is 0.888 bits per heavy atom. The van der Waals surface area contributed by atoms with Crippen LogP contribution in [-0.4, -0.2) is 24.4 Å². The molecule has 0 bridgehead atoms. The van der Waals surface area contributed by atoms with Crippen molar-refractivity contribution in [3.63, 3.8) is 0 Å². The first-order chi connectivity index (χ1) is 48.1. The van der Waals surface area contributed by atoms with Crippen LogP contribution in [0.3, 0.4) is 0 Å². The minimum atomic E-state index is -0.610. The van der Waals surface area contributed by atoms with Gasteiger partial charge < -0.3 is 18.8 Å². The highest BCUT2D eigenvalue weighted by Crippen LogP contribution is 2.61. The number of hydrogen-bond acceptors (Lipinski definition) is 3. The van der Waals surface area contributed by atoms with Gasteiger partial charge in [-0.3, -0.25) is 0 Å². The molecule has 0 amide bonds. The van der Waals surface area contributed by atoms with E-state index in [1.165, 1.54) is 233 Å². The van der Waals surface area contributed by atoms with Crippen LogP contribution in [0, 0.1) is 26.7 Å². The summed E-state index contributed by atoms with van der Waals surface area (Å²) in [5.74, 6) is 3.09. The van der Waals surface area contributed by atoms with Crippen LogP contribution in [0.25, 0.3) is 66.4 Å². The first kappa shape index (κ1) is 70.3. The van der Waals surface area contributed by atoms with Crippen LogP contribution in [-0.2, 0) is 10.8 Å². The van der Waals surface area contributed by atoms with Crippen molar-refractivity contribution < 1.29 is 14.2 Å². The van der Waals surface area contributed by atoms with Crippen LogP contribution in [0.15, 0.2) is 169 Å². The maximum absolute atomic E-state index is 6.85. The van der Waals surface area contributed by atoms with Gasteiger partial charge in [-0.2, -0.15) is 0 Å². The molecule has 2 atom stereocenters. The number of aryl methyl sites for hydroxylation is 3. The van der Waals surface area contributed by atoms with E-state index >= 15 is 0 Å². The number of benzene rings is 8. The van der Waals surface area contributed by atoms with Gasteiger partial charge in [-0.15, -0.1) is 0 Å². The van der Waals surface area contributed by atoms with Crippen LogP contribution in [0.5, 0.6) is 17.2 Å². The average molecular weight is 1310 g/mol. The summed E-state index contributed by atoms with van der Waals surface area (Å²) in [6.45, 7) is 22.7. The normalized spacial score (nSPS) is 15.9. The minimum absolute atomic E-state index is 0.00933. The monoisotopic (exact) mass is 1310 g/mol. The van der Waals surface area contributed by atoms with Crippen molar-refractivity contribution in [2.75, 3.05) is 19.8 Å². The number of aromatic nitrogens is 1. The maximum atomic E-state index is 6.85. The van der Waals surface area contributed by atoms with Gasteiger partial charge in [0.15, 0.2) is 11.5 Å². The number of ether oxygens (including phenoxy) is 3. The molecule has 8 aromatic carbocycles. The van der Waals surface area contributed by atoms with Crippen molar-refractivity contribution in [3.05, 3.63) is 219 Å². The lowest BCUT2D eigenvalue weighted by molar-refractivity contribution is 0.259. The molecule has 4 heteroatoms. The molecule has 2 unspecified atom stereocenters. The number of fused-ring (bicyclic) bond motifs is 9. The predicted molar refractivity (Wildman–Crippen MR) is 420 cm³/mol. The largest absolute Gasteiger partial charge is 0.493 e. The van der Waals surface area contributed by atoms with Crippen LogP contribution in [0.4, 0.5) is 0 Å². The molecule has 0 fully saturated rings. The zero-order valence-corrected chi connectivity index (χ0v) is 61.6. The highest BCUT2D eigenvalue weighted by Gasteiger charge is 2.50. The average Bonchev–Trinajstić information content (AvgIpc) is 1.53. The van der Waals surface area contributed by atoms with E-state index in [1.807, 2.05) is 0 Å². The van der Waals surface area contributed by atoms with Crippen LogP contribution >= 0.6 is 0 Å². The fourth-order valence-corrected chi connectivity index (χ4v) is 17.2. The Balaban J connectivity index is 1.01. The summed E-state index contributed by atoms with van der Waals surface area (Å²) in [4.78, 5) is 0. The number of unbranched alkanes of at least 4 members (excludes halogenated alkanes) is 19. The van der Waals surface area contributed by atoms with E-state index in [-0.39, 0.29) is 5.41 Å². The molecular weight excluding hydrogens is 1190 g/mol. The Labute approximate surface area is 590 Å². The van der Waals surface area contributed by atoms with E-state index in [0.717, 1.165) is 75.2 Å². The second-order valence-electron chi connectivity index (χ2n) is 29.8. The van der Waals surface area contributed by atoms with E-state index in [9.17, 15) is 0 Å².